The number of anilines is 1. The predicted molar refractivity (Wildman–Crippen MR) is 81.3 cm³/mol. The minimum Gasteiger partial charge on any atom is -0.463 e. The van der Waals surface area contributed by atoms with Gasteiger partial charge in [-0.15, -0.1) is 0 Å². The van der Waals surface area contributed by atoms with Crippen molar-refractivity contribution in [3.05, 3.63) is 53.0 Å². The first kappa shape index (κ1) is 15.0. The number of esters is 1. The summed E-state index contributed by atoms with van der Waals surface area (Å²) >= 11 is 0. The van der Waals surface area contributed by atoms with Gasteiger partial charge in [0.25, 0.3) is 0 Å². The summed E-state index contributed by atoms with van der Waals surface area (Å²) in [6.45, 7) is 5.91. The molecule has 0 spiro atoms. The summed E-state index contributed by atoms with van der Waals surface area (Å²) in [6.07, 6.45) is 0. The predicted octanol–water partition coefficient (Wildman–Crippen LogP) is 3.05. The van der Waals surface area contributed by atoms with E-state index in [-0.39, 0.29) is 11.9 Å². The average Bonchev–Trinajstić information content (AvgIpc) is 2.46. The van der Waals surface area contributed by atoms with Crippen LogP contribution in [0.4, 0.5) is 5.82 Å². The highest BCUT2D eigenvalue weighted by Gasteiger charge is 2.13. The fourth-order valence-corrected chi connectivity index (χ4v) is 1.99. The third-order valence-electron chi connectivity index (χ3n) is 3.16. The summed E-state index contributed by atoms with van der Waals surface area (Å²) in [5, 5.41) is 3.28. The van der Waals surface area contributed by atoms with Crippen LogP contribution in [0.1, 0.15) is 40.4 Å². The van der Waals surface area contributed by atoms with E-state index in [1.807, 2.05) is 13.8 Å². The number of hydrogen-bond acceptors (Lipinski definition) is 5. The molecule has 1 unspecified atom stereocenters. The number of carbonyl (C=O) groups is 1. The fraction of sp³-hybridized carbons (Fsp3) is 0.312. The molecule has 0 fully saturated rings. The van der Waals surface area contributed by atoms with E-state index in [0.29, 0.717) is 11.5 Å². The van der Waals surface area contributed by atoms with E-state index in [1.54, 1.807) is 6.07 Å². The van der Waals surface area contributed by atoms with Crippen molar-refractivity contribution in [2.24, 2.45) is 0 Å². The first-order chi connectivity index (χ1) is 9.99. The molecule has 0 aliphatic heterocycles. The zero-order valence-corrected chi connectivity index (χ0v) is 12.7. The highest BCUT2D eigenvalue weighted by atomic mass is 16.5. The third-order valence-corrected chi connectivity index (χ3v) is 3.16. The molecule has 1 aromatic heterocycles. The minimum absolute atomic E-state index is 0.0658. The summed E-state index contributed by atoms with van der Waals surface area (Å²) in [5.41, 5.74) is 3.08. The van der Waals surface area contributed by atoms with E-state index >= 15 is 0 Å². The molecule has 0 aliphatic carbocycles. The van der Waals surface area contributed by atoms with Crippen molar-refractivity contribution in [3.8, 4) is 0 Å². The first-order valence-electron chi connectivity index (χ1n) is 6.76. The van der Waals surface area contributed by atoms with Gasteiger partial charge in [-0.3, -0.25) is 0 Å². The van der Waals surface area contributed by atoms with Crippen LogP contribution in [0.25, 0.3) is 0 Å². The molecule has 5 nitrogen and oxygen atoms in total. The second-order valence-corrected chi connectivity index (χ2v) is 4.99. The van der Waals surface area contributed by atoms with Crippen molar-refractivity contribution >= 4 is 11.8 Å². The van der Waals surface area contributed by atoms with Crippen molar-refractivity contribution < 1.29 is 9.53 Å². The molecule has 0 saturated carbocycles. The molecule has 2 rings (SSSR count). The van der Waals surface area contributed by atoms with E-state index in [0.717, 1.165) is 5.56 Å². The van der Waals surface area contributed by atoms with E-state index in [2.05, 4.69) is 51.2 Å². The number of aromatic nitrogens is 2. The van der Waals surface area contributed by atoms with E-state index in [1.165, 1.54) is 12.7 Å². The van der Waals surface area contributed by atoms with Crippen molar-refractivity contribution in [1.29, 1.82) is 0 Å². The molecule has 5 heteroatoms. The summed E-state index contributed by atoms with van der Waals surface area (Å²) in [4.78, 5) is 19.8. The molecule has 1 aromatic carbocycles. The number of methoxy groups -OCH3 is 1. The Morgan fingerprint density at radius 3 is 2.48 bits per heavy atom. The molecular formula is C16H19N3O2. The SMILES string of the molecule is COC(=O)c1nc(C)cc(NC(C)c2ccc(C)cc2)n1. The molecule has 0 radical (unpaired) electrons. The molecule has 0 aliphatic rings. The summed E-state index contributed by atoms with van der Waals surface area (Å²) in [5.74, 6) is 0.136. The first-order valence-corrected chi connectivity index (χ1v) is 6.76. The monoisotopic (exact) mass is 285 g/mol. The van der Waals surface area contributed by atoms with Gasteiger partial charge in [-0.2, -0.15) is 0 Å². The Hall–Kier alpha value is -2.43. The van der Waals surface area contributed by atoms with Gasteiger partial charge in [0.2, 0.25) is 5.82 Å². The number of hydrogen-bond donors (Lipinski definition) is 1. The minimum atomic E-state index is -0.537. The topological polar surface area (TPSA) is 64.1 Å². The van der Waals surface area contributed by atoms with Gasteiger partial charge in [-0.1, -0.05) is 29.8 Å². The molecule has 21 heavy (non-hydrogen) atoms. The number of nitrogens with zero attached hydrogens (tertiary/aromatic N) is 2. The lowest BCUT2D eigenvalue weighted by Gasteiger charge is -2.16. The zero-order chi connectivity index (χ0) is 15.4. The lowest BCUT2D eigenvalue weighted by Crippen LogP contribution is -2.13. The molecule has 1 heterocycles. The Balaban J connectivity index is 2.20. The lowest BCUT2D eigenvalue weighted by molar-refractivity contribution is 0.0586. The number of rotatable bonds is 4. The largest absolute Gasteiger partial charge is 0.463 e. The van der Waals surface area contributed by atoms with Gasteiger partial charge in [-0.25, -0.2) is 14.8 Å². The highest BCUT2D eigenvalue weighted by molar-refractivity contribution is 5.85. The number of benzene rings is 1. The van der Waals surface area contributed by atoms with Gasteiger partial charge < -0.3 is 10.1 Å². The molecule has 0 amide bonds. The third kappa shape index (κ3) is 3.78. The van der Waals surface area contributed by atoms with Crippen LogP contribution in [-0.2, 0) is 4.74 Å². The number of aryl methyl sites for hydroxylation is 2. The second-order valence-electron chi connectivity index (χ2n) is 4.99. The zero-order valence-electron chi connectivity index (χ0n) is 12.7. The van der Waals surface area contributed by atoms with Gasteiger partial charge >= 0.3 is 5.97 Å². The second kappa shape index (κ2) is 6.35. The van der Waals surface area contributed by atoms with Gasteiger partial charge in [0.15, 0.2) is 0 Å². The molecular weight excluding hydrogens is 266 g/mol. The Bertz CT molecular complexity index is 638. The van der Waals surface area contributed by atoms with E-state index < -0.39 is 5.97 Å². The van der Waals surface area contributed by atoms with Crippen molar-refractivity contribution in [1.82, 2.24) is 9.97 Å². The van der Waals surface area contributed by atoms with Crippen LogP contribution in [0.3, 0.4) is 0 Å². The maximum atomic E-state index is 11.5. The normalized spacial score (nSPS) is 11.8. The summed E-state index contributed by atoms with van der Waals surface area (Å²) in [7, 11) is 1.32. The molecule has 110 valence electrons. The van der Waals surface area contributed by atoms with Gasteiger partial charge in [0, 0.05) is 17.8 Å². The van der Waals surface area contributed by atoms with Crippen LogP contribution in [0.2, 0.25) is 0 Å². The smallest absolute Gasteiger partial charge is 0.376 e. The van der Waals surface area contributed by atoms with Crippen molar-refractivity contribution in [2.45, 2.75) is 26.8 Å². The highest BCUT2D eigenvalue weighted by Crippen LogP contribution is 2.19. The van der Waals surface area contributed by atoms with Crippen LogP contribution in [0, 0.1) is 13.8 Å². The Labute approximate surface area is 124 Å². The molecule has 2 aromatic rings. The van der Waals surface area contributed by atoms with Crippen molar-refractivity contribution in [2.75, 3.05) is 12.4 Å². The van der Waals surface area contributed by atoms with Gasteiger partial charge in [0.05, 0.1) is 7.11 Å². The van der Waals surface area contributed by atoms with Crippen LogP contribution < -0.4 is 5.32 Å². The summed E-state index contributed by atoms with van der Waals surface area (Å²) in [6, 6.07) is 10.2. The van der Waals surface area contributed by atoms with E-state index in [9.17, 15) is 4.79 Å². The number of carbonyl (C=O) groups excluding carboxylic acids is 1. The van der Waals surface area contributed by atoms with Gasteiger partial charge in [-0.05, 0) is 26.3 Å². The Kier molecular flexibility index (Phi) is 4.52. The lowest BCUT2D eigenvalue weighted by atomic mass is 10.1. The fourth-order valence-electron chi connectivity index (χ4n) is 1.99. The maximum Gasteiger partial charge on any atom is 0.376 e. The summed E-state index contributed by atoms with van der Waals surface area (Å²) < 4.78 is 4.66. The maximum absolute atomic E-state index is 11.5. The van der Waals surface area contributed by atoms with Crippen LogP contribution in [0.5, 0.6) is 0 Å². The van der Waals surface area contributed by atoms with Crippen LogP contribution in [0.15, 0.2) is 30.3 Å². The molecule has 1 atom stereocenters. The number of nitrogens with one attached hydrogen (secondary N) is 1. The van der Waals surface area contributed by atoms with Crippen LogP contribution in [-0.4, -0.2) is 23.0 Å². The standard InChI is InChI=1S/C16H19N3O2/c1-10-5-7-13(8-6-10)12(3)18-14-9-11(2)17-15(19-14)16(20)21-4/h5-9,12H,1-4H3,(H,17,18,19). The quantitative estimate of drug-likeness (QED) is 0.875. The van der Waals surface area contributed by atoms with Gasteiger partial charge in [0.1, 0.15) is 5.82 Å². The van der Waals surface area contributed by atoms with Crippen molar-refractivity contribution in [3.63, 3.8) is 0 Å². The Morgan fingerprint density at radius 2 is 1.86 bits per heavy atom. The molecule has 0 bridgehead atoms. The van der Waals surface area contributed by atoms with Crippen LogP contribution >= 0.6 is 0 Å². The molecule has 0 saturated heterocycles. The Morgan fingerprint density at radius 1 is 1.19 bits per heavy atom. The number of ether oxygens (including phenoxy) is 1. The van der Waals surface area contributed by atoms with E-state index in [4.69, 9.17) is 0 Å². The molecule has 1 N–H and O–H groups in total. The average molecular weight is 285 g/mol.